The van der Waals surface area contributed by atoms with Crippen molar-refractivity contribution < 1.29 is 26.6 Å². The smallest absolute Gasteiger partial charge is 0.460 e. The summed E-state index contributed by atoms with van der Waals surface area (Å²) in [6.07, 6.45) is 21.9. The Hall–Kier alpha value is -0.931. The first-order chi connectivity index (χ1) is 9.86. The Morgan fingerprint density at radius 3 is 2.10 bits per heavy atom. The molecule has 0 spiro atoms. The fraction of sp³-hybridized carbons (Fsp3) is 0.0625. The Morgan fingerprint density at radius 1 is 0.952 bits per heavy atom. The minimum Gasteiger partial charge on any atom is -0.460 e. The van der Waals surface area contributed by atoms with Crippen LogP contribution in [0.5, 0.6) is 0 Å². The molecule has 4 nitrogen and oxygen atoms in total. The number of hydrogen-bond acceptors (Lipinski definition) is 4. The van der Waals surface area contributed by atoms with E-state index in [1.807, 2.05) is 57.8 Å². The van der Waals surface area contributed by atoms with Crippen molar-refractivity contribution in [1.82, 2.24) is 9.97 Å². The molecule has 2 saturated carbocycles. The van der Waals surface area contributed by atoms with Crippen molar-refractivity contribution in [3.05, 3.63) is 88.0 Å². The molecule has 3 rings (SSSR count). The Kier molecular flexibility index (Phi) is 9.27. The maximum atomic E-state index is 11.4. The van der Waals surface area contributed by atoms with Gasteiger partial charge in [-0.3, -0.25) is 4.98 Å². The first kappa shape index (κ1) is 18.1. The van der Waals surface area contributed by atoms with Crippen LogP contribution in [-0.4, -0.2) is 22.5 Å². The minimum atomic E-state index is -0.454. The Labute approximate surface area is 137 Å². The molecule has 0 amide bonds. The van der Waals surface area contributed by atoms with Gasteiger partial charge in [0.1, 0.15) is 0 Å². The molecule has 0 atom stereocenters. The van der Waals surface area contributed by atoms with Gasteiger partial charge in [-0.1, -0.05) is 0 Å². The van der Waals surface area contributed by atoms with Gasteiger partial charge in [0.25, 0.3) is 0 Å². The fourth-order valence-electron chi connectivity index (χ4n) is 1.46. The van der Waals surface area contributed by atoms with E-state index >= 15 is 0 Å². The molecule has 0 aromatic carbocycles. The SMILES string of the molecule is O=C(OC[C]1[CH][CH][CH][CH]1)c1cnccn1.[CH]1[CH][CH][CH][CH]1.[Fe+2]. The molecule has 0 bridgehead atoms. The van der Waals surface area contributed by atoms with Crippen LogP contribution in [0.25, 0.3) is 0 Å². The third-order valence-corrected chi connectivity index (χ3v) is 2.43. The van der Waals surface area contributed by atoms with Crippen LogP contribution in [0.2, 0.25) is 0 Å². The molecule has 0 saturated heterocycles. The second-order valence-corrected chi connectivity index (χ2v) is 3.92. The monoisotopic (exact) mass is 322 g/mol. The number of ether oxygens (including phenoxy) is 1. The molecule has 2 aliphatic rings. The molecule has 2 aliphatic carbocycles. The molecule has 2 fully saturated rings. The van der Waals surface area contributed by atoms with Crippen molar-refractivity contribution >= 4 is 5.97 Å². The largest absolute Gasteiger partial charge is 2.00 e. The zero-order valence-corrected chi connectivity index (χ0v) is 12.3. The van der Waals surface area contributed by atoms with E-state index in [1.165, 1.54) is 18.6 Å². The normalized spacial score (nSPS) is 17.5. The van der Waals surface area contributed by atoms with Crippen LogP contribution in [0, 0.1) is 63.7 Å². The first-order valence-electron chi connectivity index (χ1n) is 6.16. The van der Waals surface area contributed by atoms with Gasteiger partial charge < -0.3 is 4.74 Å². The van der Waals surface area contributed by atoms with Crippen LogP contribution in [0.1, 0.15) is 10.5 Å². The quantitative estimate of drug-likeness (QED) is 0.631. The second-order valence-electron chi connectivity index (χ2n) is 3.92. The zero-order valence-electron chi connectivity index (χ0n) is 11.2. The van der Waals surface area contributed by atoms with Gasteiger partial charge in [-0.05, 0) is 57.8 Å². The summed E-state index contributed by atoms with van der Waals surface area (Å²) in [5.74, 6) is 0.511. The van der Waals surface area contributed by atoms with Crippen LogP contribution in [0.4, 0.5) is 0 Å². The molecule has 1 aromatic heterocycles. The molecule has 0 N–H and O–H groups in total. The van der Waals surface area contributed by atoms with Crippen molar-refractivity contribution in [1.29, 1.82) is 0 Å². The van der Waals surface area contributed by atoms with E-state index in [0.717, 1.165) is 5.92 Å². The summed E-state index contributed by atoms with van der Waals surface area (Å²) in [5, 5.41) is 0. The van der Waals surface area contributed by atoms with Crippen LogP contribution >= 0.6 is 0 Å². The van der Waals surface area contributed by atoms with Crippen molar-refractivity contribution in [3.8, 4) is 0 Å². The molecule has 10 radical (unpaired) electrons. The van der Waals surface area contributed by atoms with E-state index in [4.69, 9.17) is 4.74 Å². The van der Waals surface area contributed by atoms with Crippen LogP contribution in [0.15, 0.2) is 18.6 Å². The van der Waals surface area contributed by atoms with Crippen LogP contribution in [-0.2, 0) is 21.8 Å². The maximum absolute atomic E-state index is 11.4. The van der Waals surface area contributed by atoms with E-state index in [9.17, 15) is 4.79 Å². The summed E-state index contributed by atoms with van der Waals surface area (Å²) >= 11 is 0. The summed E-state index contributed by atoms with van der Waals surface area (Å²) in [5.41, 5.74) is 0.226. The molecule has 21 heavy (non-hydrogen) atoms. The zero-order chi connectivity index (χ0) is 14.0. The number of carbonyl (C=O) groups excluding carboxylic acids is 1. The van der Waals surface area contributed by atoms with Crippen molar-refractivity contribution in [3.63, 3.8) is 0 Å². The topological polar surface area (TPSA) is 52.1 Å². The van der Waals surface area contributed by atoms with E-state index < -0.39 is 5.97 Å². The summed E-state index contributed by atoms with van der Waals surface area (Å²) in [4.78, 5) is 19.0. The molecule has 1 heterocycles. The first-order valence-corrected chi connectivity index (χ1v) is 6.16. The van der Waals surface area contributed by atoms with Crippen molar-refractivity contribution in [2.75, 3.05) is 6.61 Å². The summed E-state index contributed by atoms with van der Waals surface area (Å²) in [6.45, 7) is 0.266. The van der Waals surface area contributed by atoms with Gasteiger partial charge in [-0.25, -0.2) is 9.78 Å². The average Bonchev–Trinajstić information content (AvgIpc) is 3.21. The van der Waals surface area contributed by atoms with E-state index in [2.05, 4.69) is 9.97 Å². The van der Waals surface area contributed by atoms with Gasteiger partial charge in [-0.15, -0.1) is 0 Å². The van der Waals surface area contributed by atoms with Crippen molar-refractivity contribution in [2.45, 2.75) is 0 Å². The van der Waals surface area contributed by atoms with Gasteiger partial charge in [0, 0.05) is 18.3 Å². The molecule has 5 heteroatoms. The molecule has 106 valence electrons. The third kappa shape index (κ3) is 7.05. The van der Waals surface area contributed by atoms with E-state index in [0.29, 0.717) is 0 Å². The Balaban J connectivity index is 0.000000313. The molecular weight excluding hydrogens is 308 g/mol. The van der Waals surface area contributed by atoms with E-state index in [-0.39, 0.29) is 29.4 Å². The molecule has 0 unspecified atom stereocenters. The third-order valence-electron chi connectivity index (χ3n) is 2.43. The number of hydrogen-bond donors (Lipinski definition) is 0. The van der Waals surface area contributed by atoms with Gasteiger partial charge in [-0.2, -0.15) is 0 Å². The predicted octanol–water partition coefficient (Wildman–Crippen LogP) is 2.06. The van der Waals surface area contributed by atoms with Gasteiger partial charge in [0.2, 0.25) is 0 Å². The Bertz CT molecular complexity index is 383. The standard InChI is InChI=1S/C11H9N2O2.C5H5.Fe/c14-11(10-7-12-5-6-13-10)15-8-9-3-1-2-4-9;1-2-4-5-3-1;/h1-7H,8H2;1-5H;/q;;+2. The number of rotatable bonds is 3. The summed E-state index contributed by atoms with van der Waals surface area (Å²) in [7, 11) is 0. The summed E-state index contributed by atoms with van der Waals surface area (Å²) < 4.78 is 5.03. The number of aromatic nitrogens is 2. The Morgan fingerprint density at radius 2 is 1.57 bits per heavy atom. The summed E-state index contributed by atoms with van der Waals surface area (Å²) in [6, 6.07) is 0. The molecular formula is C16H14FeN2O2+2. The second kappa shape index (κ2) is 10.7. The number of carbonyl (C=O) groups is 1. The van der Waals surface area contributed by atoms with Gasteiger partial charge in [0.05, 0.1) is 12.8 Å². The van der Waals surface area contributed by atoms with Gasteiger partial charge in [0.15, 0.2) is 5.69 Å². The molecule has 0 aliphatic heterocycles. The van der Waals surface area contributed by atoms with Crippen LogP contribution in [0.3, 0.4) is 0 Å². The van der Waals surface area contributed by atoms with Gasteiger partial charge >= 0.3 is 23.0 Å². The average molecular weight is 322 g/mol. The maximum Gasteiger partial charge on any atom is 2.00 e. The molecule has 1 aromatic rings. The van der Waals surface area contributed by atoms with Crippen molar-refractivity contribution in [2.24, 2.45) is 0 Å². The van der Waals surface area contributed by atoms with E-state index in [1.54, 1.807) is 0 Å². The number of nitrogens with zero attached hydrogens (tertiary/aromatic N) is 2. The van der Waals surface area contributed by atoms with Crippen LogP contribution < -0.4 is 0 Å². The minimum absolute atomic E-state index is 0. The predicted molar refractivity (Wildman–Crippen MR) is 74.3 cm³/mol. The fourth-order valence-corrected chi connectivity index (χ4v) is 1.46. The number of esters is 1.